The number of nitrogens with two attached hydrogens (primary N) is 1. The van der Waals surface area contributed by atoms with E-state index < -0.39 is 10.0 Å². The van der Waals surface area contributed by atoms with Crippen LogP contribution < -0.4 is 10.5 Å². The molecule has 0 aliphatic heterocycles. The maximum atomic E-state index is 12.5. The maximum absolute atomic E-state index is 12.5. The molecule has 3 N–H and O–H groups in total. The van der Waals surface area contributed by atoms with Gasteiger partial charge >= 0.3 is 0 Å². The molecular formula is C16H26N2O2S. The Kier molecular flexibility index (Phi) is 4.94. The van der Waals surface area contributed by atoms with Crippen LogP contribution >= 0.6 is 0 Å². The van der Waals surface area contributed by atoms with E-state index in [1.54, 1.807) is 18.2 Å². The molecular weight excluding hydrogens is 284 g/mol. The number of nitrogens with one attached hydrogen (secondary N) is 1. The molecule has 1 fully saturated rings. The molecule has 0 saturated heterocycles. The molecule has 2 unspecified atom stereocenters. The molecule has 1 aromatic rings. The summed E-state index contributed by atoms with van der Waals surface area (Å²) in [5.74, 6) is 1.13. The number of benzene rings is 1. The Bertz CT molecular complexity index is 588. The van der Waals surface area contributed by atoms with Crippen LogP contribution in [-0.2, 0) is 16.4 Å². The summed E-state index contributed by atoms with van der Waals surface area (Å²) >= 11 is 0. The molecule has 1 saturated carbocycles. The average Bonchev–Trinajstić information content (AvgIpc) is 2.36. The van der Waals surface area contributed by atoms with E-state index in [1.807, 2.05) is 6.92 Å². The molecule has 4 nitrogen and oxygen atoms in total. The molecule has 2 rings (SSSR count). The van der Waals surface area contributed by atoms with E-state index in [2.05, 4.69) is 18.6 Å². The van der Waals surface area contributed by atoms with Gasteiger partial charge in [-0.2, -0.15) is 0 Å². The first kappa shape index (κ1) is 16.3. The minimum absolute atomic E-state index is 0.0285. The number of hydrogen-bond donors (Lipinski definition) is 2. The second kappa shape index (κ2) is 6.36. The molecule has 1 aliphatic rings. The summed E-state index contributed by atoms with van der Waals surface area (Å²) in [6, 6.07) is 5.04. The number of aryl methyl sites for hydroxylation is 1. The number of sulfonamides is 1. The Hall–Kier alpha value is -1.07. The first-order chi connectivity index (χ1) is 9.81. The molecule has 5 heteroatoms. The normalized spacial score (nSPS) is 26.7. The molecule has 1 aromatic carbocycles. The number of hydrogen-bond acceptors (Lipinski definition) is 3. The van der Waals surface area contributed by atoms with Gasteiger partial charge in [-0.3, -0.25) is 0 Å². The summed E-state index contributed by atoms with van der Waals surface area (Å²) in [7, 11) is -3.48. The largest absolute Gasteiger partial charge is 0.398 e. The minimum Gasteiger partial charge on any atom is -0.398 e. The van der Waals surface area contributed by atoms with Crippen LogP contribution in [-0.4, -0.2) is 14.5 Å². The fourth-order valence-electron chi connectivity index (χ4n) is 3.39. The Labute approximate surface area is 128 Å². The van der Waals surface area contributed by atoms with E-state index in [4.69, 9.17) is 5.73 Å². The molecule has 0 aromatic heterocycles. The molecule has 0 spiro atoms. The predicted molar refractivity (Wildman–Crippen MR) is 86.5 cm³/mol. The van der Waals surface area contributed by atoms with E-state index in [1.165, 1.54) is 6.42 Å². The van der Waals surface area contributed by atoms with Crippen LogP contribution in [0.1, 0.15) is 45.6 Å². The highest BCUT2D eigenvalue weighted by Crippen LogP contribution is 2.29. The van der Waals surface area contributed by atoms with Gasteiger partial charge in [-0.15, -0.1) is 0 Å². The lowest BCUT2D eigenvalue weighted by Crippen LogP contribution is -2.40. The maximum Gasteiger partial charge on any atom is 0.240 e. The molecule has 0 heterocycles. The van der Waals surface area contributed by atoms with Crippen LogP contribution in [0.3, 0.4) is 0 Å². The van der Waals surface area contributed by atoms with Gasteiger partial charge in [0.25, 0.3) is 0 Å². The molecule has 0 amide bonds. The lowest BCUT2D eigenvalue weighted by atomic mass is 9.81. The van der Waals surface area contributed by atoms with Crippen LogP contribution in [0.4, 0.5) is 5.69 Å². The predicted octanol–water partition coefficient (Wildman–Crippen LogP) is 2.93. The fourth-order valence-corrected chi connectivity index (χ4v) is 4.69. The molecule has 21 heavy (non-hydrogen) atoms. The molecule has 118 valence electrons. The number of anilines is 1. The van der Waals surface area contributed by atoms with Crippen LogP contribution in [0.5, 0.6) is 0 Å². The van der Waals surface area contributed by atoms with Crippen molar-refractivity contribution < 1.29 is 8.42 Å². The zero-order chi connectivity index (χ0) is 15.6. The third kappa shape index (κ3) is 3.98. The zero-order valence-electron chi connectivity index (χ0n) is 13.1. The van der Waals surface area contributed by atoms with Crippen molar-refractivity contribution in [3.8, 4) is 0 Å². The number of rotatable bonds is 4. The molecule has 0 radical (unpaired) electrons. The molecule has 1 aliphatic carbocycles. The van der Waals surface area contributed by atoms with Gasteiger partial charge in [-0.25, -0.2) is 13.1 Å². The summed E-state index contributed by atoms with van der Waals surface area (Å²) in [6.07, 6.45) is 3.80. The van der Waals surface area contributed by atoms with Crippen molar-refractivity contribution in [1.82, 2.24) is 4.72 Å². The second-order valence-electron chi connectivity index (χ2n) is 6.45. The summed E-state index contributed by atoms with van der Waals surface area (Å²) in [5.41, 5.74) is 7.44. The smallest absolute Gasteiger partial charge is 0.240 e. The Morgan fingerprint density at radius 1 is 1.19 bits per heavy atom. The van der Waals surface area contributed by atoms with Crippen LogP contribution in [0.2, 0.25) is 0 Å². The van der Waals surface area contributed by atoms with Crippen molar-refractivity contribution in [2.45, 2.75) is 57.4 Å². The van der Waals surface area contributed by atoms with E-state index in [0.29, 0.717) is 17.5 Å². The van der Waals surface area contributed by atoms with Crippen molar-refractivity contribution >= 4 is 15.7 Å². The average molecular weight is 310 g/mol. The summed E-state index contributed by atoms with van der Waals surface area (Å²) < 4.78 is 27.9. The van der Waals surface area contributed by atoms with E-state index >= 15 is 0 Å². The van der Waals surface area contributed by atoms with Crippen molar-refractivity contribution in [2.75, 3.05) is 5.73 Å². The summed E-state index contributed by atoms with van der Waals surface area (Å²) in [4.78, 5) is 0.267. The summed E-state index contributed by atoms with van der Waals surface area (Å²) in [6.45, 7) is 6.37. The highest BCUT2D eigenvalue weighted by Gasteiger charge is 2.28. The van der Waals surface area contributed by atoms with Crippen LogP contribution in [0.25, 0.3) is 0 Å². The SMILES string of the molecule is CCc1ccc(S(=O)(=O)NC2CC(C)CC(C)C2)cc1N. The highest BCUT2D eigenvalue weighted by molar-refractivity contribution is 7.89. The van der Waals surface area contributed by atoms with Crippen LogP contribution in [0, 0.1) is 11.8 Å². The molecule has 0 bridgehead atoms. The fraction of sp³-hybridized carbons (Fsp3) is 0.625. The van der Waals surface area contributed by atoms with Gasteiger partial charge in [0.05, 0.1) is 4.90 Å². The Morgan fingerprint density at radius 2 is 1.81 bits per heavy atom. The first-order valence-electron chi connectivity index (χ1n) is 7.72. The Balaban J connectivity index is 2.16. The number of nitrogen functional groups attached to an aromatic ring is 1. The van der Waals surface area contributed by atoms with Crippen molar-refractivity contribution in [3.05, 3.63) is 23.8 Å². The van der Waals surface area contributed by atoms with Gasteiger partial charge in [-0.05, 0) is 55.2 Å². The van der Waals surface area contributed by atoms with Gasteiger partial charge in [0.1, 0.15) is 0 Å². The van der Waals surface area contributed by atoms with Crippen molar-refractivity contribution in [1.29, 1.82) is 0 Å². The summed E-state index contributed by atoms with van der Waals surface area (Å²) in [5, 5.41) is 0. The Morgan fingerprint density at radius 3 is 2.33 bits per heavy atom. The van der Waals surface area contributed by atoms with Gasteiger partial charge < -0.3 is 5.73 Å². The first-order valence-corrected chi connectivity index (χ1v) is 9.20. The van der Waals surface area contributed by atoms with E-state index in [0.717, 1.165) is 24.8 Å². The topological polar surface area (TPSA) is 72.2 Å². The quantitative estimate of drug-likeness (QED) is 0.840. The van der Waals surface area contributed by atoms with Gasteiger partial charge in [0.15, 0.2) is 0 Å². The van der Waals surface area contributed by atoms with E-state index in [-0.39, 0.29) is 10.9 Å². The van der Waals surface area contributed by atoms with E-state index in [9.17, 15) is 8.42 Å². The van der Waals surface area contributed by atoms with Gasteiger partial charge in [-0.1, -0.05) is 26.8 Å². The zero-order valence-corrected chi connectivity index (χ0v) is 13.9. The van der Waals surface area contributed by atoms with Crippen molar-refractivity contribution in [3.63, 3.8) is 0 Å². The van der Waals surface area contributed by atoms with Gasteiger partial charge in [0.2, 0.25) is 10.0 Å². The third-order valence-electron chi connectivity index (χ3n) is 4.31. The lowest BCUT2D eigenvalue weighted by Gasteiger charge is -2.31. The third-order valence-corrected chi connectivity index (χ3v) is 5.83. The molecule has 2 atom stereocenters. The van der Waals surface area contributed by atoms with Crippen LogP contribution in [0.15, 0.2) is 23.1 Å². The second-order valence-corrected chi connectivity index (χ2v) is 8.16. The standard InChI is InChI=1S/C16H26N2O2S/c1-4-13-5-6-15(10-16(13)17)21(19,20)18-14-8-11(2)7-12(3)9-14/h5-6,10-12,14,18H,4,7-9,17H2,1-3H3. The minimum atomic E-state index is -3.48. The lowest BCUT2D eigenvalue weighted by molar-refractivity contribution is 0.257. The highest BCUT2D eigenvalue weighted by atomic mass is 32.2. The van der Waals surface area contributed by atoms with Crippen molar-refractivity contribution in [2.24, 2.45) is 11.8 Å². The van der Waals surface area contributed by atoms with Gasteiger partial charge in [0, 0.05) is 11.7 Å². The monoisotopic (exact) mass is 310 g/mol.